The molecule has 4 nitrogen and oxygen atoms in total. The summed E-state index contributed by atoms with van der Waals surface area (Å²) in [6, 6.07) is 0. The largest absolute Gasteiger partial charge is 0.271 e. The monoisotopic (exact) mass is 162 g/mol. The Morgan fingerprint density at radius 1 is 1.58 bits per heavy atom. The lowest BCUT2D eigenvalue weighted by molar-refractivity contribution is -0.121. The summed E-state index contributed by atoms with van der Waals surface area (Å²) in [7, 11) is 0. The Balaban J connectivity index is 2.39. The highest BCUT2D eigenvalue weighted by molar-refractivity contribution is 5.83. The Morgan fingerprint density at radius 3 is 3.17 bits per heavy atom. The van der Waals surface area contributed by atoms with Gasteiger partial charge in [0.25, 0.3) is 5.91 Å². The summed E-state index contributed by atoms with van der Waals surface area (Å²) in [5.74, 6) is -0.427. The van der Waals surface area contributed by atoms with Crippen LogP contribution in [-0.4, -0.2) is 12.1 Å². The number of azo groups is 1. The van der Waals surface area contributed by atoms with E-state index in [0.29, 0.717) is 6.42 Å². The summed E-state index contributed by atoms with van der Waals surface area (Å²) >= 11 is 0. The van der Waals surface area contributed by atoms with Crippen LogP contribution in [0.1, 0.15) is 6.42 Å². The molecule has 0 aromatic heterocycles. The van der Waals surface area contributed by atoms with Crippen molar-refractivity contribution in [3.05, 3.63) is 23.8 Å². The second-order valence-electron chi connectivity index (χ2n) is 2.84. The molecule has 1 radical (unpaired) electrons. The quantitative estimate of drug-likeness (QED) is 0.525. The number of rotatable bonds is 0. The fourth-order valence-corrected chi connectivity index (χ4v) is 1.42. The molecule has 1 heterocycles. The number of carbonyl (C=O) groups is 1. The van der Waals surface area contributed by atoms with Crippen molar-refractivity contribution in [3.8, 4) is 0 Å². The third-order valence-corrected chi connectivity index (χ3v) is 2.08. The Hall–Kier alpha value is -1.29. The average molecular weight is 162 g/mol. The van der Waals surface area contributed by atoms with Crippen molar-refractivity contribution in [1.82, 2.24) is 5.73 Å². The zero-order valence-electron chi connectivity index (χ0n) is 6.40. The second kappa shape index (κ2) is 2.64. The number of hydrogen-bond acceptors (Lipinski definition) is 2. The van der Waals surface area contributed by atoms with Crippen molar-refractivity contribution in [2.24, 2.45) is 16.1 Å². The molecule has 0 saturated carbocycles. The van der Waals surface area contributed by atoms with Crippen LogP contribution in [0.3, 0.4) is 0 Å². The van der Waals surface area contributed by atoms with E-state index < -0.39 is 6.17 Å². The van der Waals surface area contributed by atoms with Crippen LogP contribution < -0.4 is 5.73 Å². The van der Waals surface area contributed by atoms with E-state index in [0.717, 1.165) is 5.57 Å². The number of carbonyl (C=O) groups excluding carboxylic acids is 1. The van der Waals surface area contributed by atoms with Gasteiger partial charge in [0.05, 0.1) is 5.92 Å². The molecule has 4 heteroatoms. The summed E-state index contributed by atoms with van der Waals surface area (Å²) in [6.07, 6.45) is 5.57. The summed E-state index contributed by atoms with van der Waals surface area (Å²) < 4.78 is 0. The maximum absolute atomic E-state index is 11.2. The first-order valence-corrected chi connectivity index (χ1v) is 3.81. The van der Waals surface area contributed by atoms with Gasteiger partial charge in [0.2, 0.25) is 0 Å². The molecule has 2 atom stereocenters. The summed E-state index contributed by atoms with van der Waals surface area (Å²) in [5.41, 5.74) is 8.25. The van der Waals surface area contributed by atoms with E-state index in [1.54, 1.807) is 6.08 Å². The van der Waals surface area contributed by atoms with Crippen molar-refractivity contribution in [1.29, 1.82) is 0 Å². The first-order valence-electron chi connectivity index (χ1n) is 3.81. The van der Waals surface area contributed by atoms with Gasteiger partial charge in [-0.15, -0.1) is 5.11 Å². The maximum atomic E-state index is 11.2. The highest BCUT2D eigenvalue weighted by Gasteiger charge is 2.30. The minimum absolute atomic E-state index is 0.213. The smallest absolute Gasteiger partial charge is 0.270 e. The van der Waals surface area contributed by atoms with Crippen LogP contribution in [0.2, 0.25) is 0 Å². The molecule has 1 aliphatic carbocycles. The number of fused-ring (bicyclic) bond motifs is 1. The predicted octanol–water partition coefficient (Wildman–Crippen LogP) is 1.09. The van der Waals surface area contributed by atoms with E-state index in [9.17, 15) is 4.79 Å². The van der Waals surface area contributed by atoms with Gasteiger partial charge < -0.3 is 0 Å². The lowest BCUT2D eigenvalue weighted by Crippen LogP contribution is -2.28. The summed E-state index contributed by atoms with van der Waals surface area (Å²) in [4.78, 5) is 11.2. The number of nitrogens with zero attached hydrogens (tertiary/aromatic N) is 2. The van der Waals surface area contributed by atoms with Gasteiger partial charge in [-0.1, -0.05) is 18.2 Å². The van der Waals surface area contributed by atoms with Gasteiger partial charge >= 0.3 is 0 Å². The maximum Gasteiger partial charge on any atom is 0.271 e. The van der Waals surface area contributed by atoms with Gasteiger partial charge in [0, 0.05) is 0 Å². The van der Waals surface area contributed by atoms with Gasteiger partial charge in [0.1, 0.15) is 0 Å². The van der Waals surface area contributed by atoms with Crippen LogP contribution in [-0.2, 0) is 4.79 Å². The van der Waals surface area contributed by atoms with E-state index in [1.165, 1.54) is 0 Å². The number of amides is 1. The molecule has 0 fully saturated rings. The van der Waals surface area contributed by atoms with E-state index in [-0.39, 0.29) is 11.8 Å². The first kappa shape index (κ1) is 7.36. The molecule has 1 amide bonds. The van der Waals surface area contributed by atoms with Crippen LogP contribution in [0.5, 0.6) is 0 Å². The fourth-order valence-electron chi connectivity index (χ4n) is 1.42. The first-order chi connectivity index (χ1) is 5.79. The van der Waals surface area contributed by atoms with Crippen molar-refractivity contribution in [2.45, 2.75) is 12.6 Å². The van der Waals surface area contributed by atoms with Crippen LogP contribution in [0.15, 0.2) is 34.0 Å². The van der Waals surface area contributed by atoms with Crippen molar-refractivity contribution in [3.63, 3.8) is 0 Å². The van der Waals surface area contributed by atoms with Gasteiger partial charge in [-0.25, -0.2) is 5.73 Å². The third kappa shape index (κ3) is 1.00. The standard InChI is InChI=1S/C8H8N3O/c9-7-5-3-1-2-4-6(5)8(12)11-10-7/h1-3,6-7,9H,4H2. The number of nitrogens with one attached hydrogen (secondary N) is 1. The van der Waals surface area contributed by atoms with Crippen LogP contribution in [0.25, 0.3) is 0 Å². The molecule has 0 aromatic rings. The Labute approximate surface area is 69.9 Å². The molecular weight excluding hydrogens is 154 g/mol. The molecule has 2 unspecified atom stereocenters. The highest BCUT2D eigenvalue weighted by Crippen LogP contribution is 2.28. The van der Waals surface area contributed by atoms with E-state index in [4.69, 9.17) is 5.73 Å². The molecular formula is C8H8N3O. The molecule has 61 valence electrons. The summed E-state index contributed by atoms with van der Waals surface area (Å²) in [5, 5.41) is 6.95. The van der Waals surface area contributed by atoms with Gasteiger partial charge in [0.15, 0.2) is 6.17 Å². The lowest BCUT2D eigenvalue weighted by Gasteiger charge is -2.23. The number of allylic oxidation sites excluding steroid dienone is 3. The van der Waals surface area contributed by atoms with E-state index >= 15 is 0 Å². The molecule has 1 aliphatic heterocycles. The Bertz CT molecular complexity index is 303. The predicted molar refractivity (Wildman–Crippen MR) is 42.1 cm³/mol. The lowest BCUT2D eigenvalue weighted by atomic mass is 9.88. The minimum Gasteiger partial charge on any atom is -0.270 e. The van der Waals surface area contributed by atoms with Crippen molar-refractivity contribution in [2.75, 3.05) is 0 Å². The van der Waals surface area contributed by atoms with Crippen LogP contribution in [0, 0.1) is 5.92 Å². The number of hydrogen-bond donors (Lipinski definition) is 0. The van der Waals surface area contributed by atoms with Crippen LogP contribution in [0.4, 0.5) is 0 Å². The van der Waals surface area contributed by atoms with E-state index in [2.05, 4.69) is 10.2 Å². The minimum atomic E-state index is -0.669. The zero-order chi connectivity index (χ0) is 8.55. The SMILES string of the molecule is [NH]C1N=NC(=O)C2CC=CC=C12. The van der Waals surface area contributed by atoms with Gasteiger partial charge in [-0.3, -0.25) is 4.79 Å². The molecule has 2 aliphatic rings. The van der Waals surface area contributed by atoms with E-state index in [1.807, 2.05) is 12.2 Å². The summed E-state index contributed by atoms with van der Waals surface area (Å²) in [6.45, 7) is 0. The molecule has 1 N–H and O–H groups in total. The van der Waals surface area contributed by atoms with Crippen molar-refractivity contribution >= 4 is 5.91 Å². The normalized spacial score (nSPS) is 33.1. The average Bonchev–Trinajstić information content (AvgIpc) is 2.12. The Kier molecular flexibility index (Phi) is 1.62. The topological polar surface area (TPSA) is 65.6 Å². The molecule has 0 bridgehead atoms. The van der Waals surface area contributed by atoms with Gasteiger partial charge in [-0.2, -0.15) is 5.11 Å². The molecule has 0 saturated heterocycles. The Morgan fingerprint density at radius 2 is 2.42 bits per heavy atom. The molecule has 0 aromatic carbocycles. The third-order valence-electron chi connectivity index (χ3n) is 2.08. The van der Waals surface area contributed by atoms with Crippen LogP contribution >= 0.6 is 0 Å². The second-order valence-corrected chi connectivity index (χ2v) is 2.84. The molecule has 2 rings (SSSR count). The highest BCUT2D eigenvalue weighted by atomic mass is 16.2. The van der Waals surface area contributed by atoms with Gasteiger partial charge in [-0.05, 0) is 12.0 Å². The molecule has 12 heavy (non-hydrogen) atoms. The molecule has 0 spiro atoms. The zero-order valence-corrected chi connectivity index (χ0v) is 6.40. The fraction of sp³-hybridized carbons (Fsp3) is 0.375. The van der Waals surface area contributed by atoms with Crippen molar-refractivity contribution < 1.29 is 4.79 Å².